The standard InChI is InChI=1S/C12H19N3O/c1-8-6-14-7-10(8)12(16)15-11-4-2-3-9(11)5-13/h8-11,14H,2-4,6-7H2,1H3,(H,15,16). The number of nitrogens with one attached hydrogen (secondary N) is 2. The van der Waals surface area contributed by atoms with Crippen molar-refractivity contribution in [1.82, 2.24) is 10.6 Å². The van der Waals surface area contributed by atoms with Gasteiger partial charge >= 0.3 is 0 Å². The van der Waals surface area contributed by atoms with Gasteiger partial charge in [-0.3, -0.25) is 4.79 Å². The zero-order valence-electron chi connectivity index (χ0n) is 9.70. The van der Waals surface area contributed by atoms with Gasteiger partial charge in [0, 0.05) is 12.6 Å². The van der Waals surface area contributed by atoms with Crippen LogP contribution in [0.25, 0.3) is 0 Å². The van der Waals surface area contributed by atoms with Gasteiger partial charge in [-0.2, -0.15) is 5.26 Å². The highest BCUT2D eigenvalue weighted by molar-refractivity contribution is 5.80. The van der Waals surface area contributed by atoms with Crippen molar-refractivity contribution in [2.75, 3.05) is 13.1 Å². The molecule has 4 unspecified atom stereocenters. The lowest BCUT2D eigenvalue weighted by Crippen LogP contribution is -2.42. The lowest BCUT2D eigenvalue weighted by molar-refractivity contribution is -0.126. The Morgan fingerprint density at radius 2 is 2.25 bits per heavy atom. The maximum absolute atomic E-state index is 12.0. The molecule has 1 aliphatic carbocycles. The summed E-state index contributed by atoms with van der Waals surface area (Å²) in [6.45, 7) is 3.79. The van der Waals surface area contributed by atoms with Gasteiger partial charge in [-0.1, -0.05) is 6.92 Å². The minimum atomic E-state index is 0.0219. The van der Waals surface area contributed by atoms with Gasteiger partial charge in [0.05, 0.1) is 17.9 Å². The highest BCUT2D eigenvalue weighted by Crippen LogP contribution is 2.26. The fourth-order valence-electron chi connectivity index (χ4n) is 2.74. The molecule has 0 aromatic carbocycles. The normalized spacial score (nSPS) is 38.2. The lowest BCUT2D eigenvalue weighted by atomic mass is 9.96. The Labute approximate surface area is 96.4 Å². The fourth-order valence-corrected chi connectivity index (χ4v) is 2.74. The van der Waals surface area contributed by atoms with Gasteiger partial charge < -0.3 is 10.6 Å². The van der Waals surface area contributed by atoms with E-state index in [1.807, 2.05) is 0 Å². The monoisotopic (exact) mass is 221 g/mol. The van der Waals surface area contributed by atoms with E-state index in [4.69, 9.17) is 5.26 Å². The fraction of sp³-hybridized carbons (Fsp3) is 0.833. The molecule has 0 bridgehead atoms. The van der Waals surface area contributed by atoms with Crippen molar-refractivity contribution in [3.05, 3.63) is 0 Å². The molecule has 0 radical (unpaired) electrons. The van der Waals surface area contributed by atoms with E-state index in [1.54, 1.807) is 0 Å². The Morgan fingerprint density at radius 1 is 1.44 bits per heavy atom. The van der Waals surface area contributed by atoms with Crippen LogP contribution in [0, 0.1) is 29.1 Å². The van der Waals surface area contributed by atoms with Crippen molar-refractivity contribution in [3.8, 4) is 6.07 Å². The average Bonchev–Trinajstić information content (AvgIpc) is 2.86. The second-order valence-electron chi connectivity index (χ2n) is 5.02. The molecule has 16 heavy (non-hydrogen) atoms. The van der Waals surface area contributed by atoms with E-state index in [0.717, 1.165) is 32.4 Å². The lowest BCUT2D eigenvalue weighted by Gasteiger charge is -2.20. The van der Waals surface area contributed by atoms with Crippen molar-refractivity contribution >= 4 is 5.91 Å². The molecule has 2 rings (SSSR count). The second-order valence-corrected chi connectivity index (χ2v) is 5.02. The number of carbonyl (C=O) groups is 1. The summed E-state index contributed by atoms with van der Waals surface area (Å²) in [7, 11) is 0. The summed E-state index contributed by atoms with van der Waals surface area (Å²) in [4.78, 5) is 12.0. The van der Waals surface area contributed by atoms with E-state index in [1.165, 1.54) is 0 Å². The van der Waals surface area contributed by atoms with E-state index >= 15 is 0 Å². The first-order valence-corrected chi connectivity index (χ1v) is 6.13. The van der Waals surface area contributed by atoms with Crippen molar-refractivity contribution in [2.24, 2.45) is 17.8 Å². The summed E-state index contributed by atoms with van der Waals surface area (Å²) in [5.41, 5.74) is 0. The number of nitriles is 1. The molecule has 1 heterocycles. The molecule has 4 heteroatoms. The summed E-state index contributed by atoms with van der Waals surface area (Å²) >= 11 is 0. The van der Waals surface area contributed by atoms with E-state index in [0.29, 0.717) is 5.92 Å². The molecule has 0 aromatic heterocycles. The summed E-state index contributed by atoms with van der Waals surface area (Å²) in [5.74, 6) is 0.639. The third-order valence-electron chi connectivity index (χ3n) is 3.86. The van der Waals surface area contributed by atoms with Crippen molar-refractivity contribution in [3.63, 3.8) is 0 Å². The quantitative estimate of drug-likeness (QED) is 0.719. The summed E-state index contributed by atoms with van der Waals surface area (Å²) in [6.07, 6.45) is 2.94. The number of amides is 1. The van der Waals surface area contributed by atoms with Crippen LogP contribution in [0.15, 0.2) is 0 Å². The van der Waals surface area contributed by atoms with Gasteiger partial charge in [0.2, 0.25) is 5.91 Å². The Kier molecular flexibility index (Phi) is 3.45. The molecule has 88 valence electrons. The van der Waals surface area contributed by atoms with Gasteiger partial charge in [-0.05, 0) is 31.7 Å². The van der Waals surface area contributed by atoms with Crippen LogP contribution in [0.1, 0.15) is 26.2 Å². The molecule has 1 saturated carbocycles. The van der Waals surface area contributed by atoms with Gasteiger partial charge in [0.25, 0.3) is 0 Å². The van der Waals surface area contributed by atoms with Gasteiger partial charge in [-0.15, -0.1) is 0 Å². The van der Waals surface area contributed by atoms with Gasteiger partial charge in [-0.25, -0.2) is 0 Å². The SMILES string of the molecule is CC1CNCC1C(=O)NC1CCCC1C#N. The predicted octanol–water partition coefficient (Wildman–Crippen LogP) is 0.650. The number of nitrogens with zero attached hydrogens (tertiary/aromatic N) is 1. The zero-order valence-corrected chi connectivity index (χ0v) is 9.70. The highest BCUT2D eigenvalue weighted by atomic mass is 16.2. The first-order chi connectivity index (χ1) is 7.72. The maximum atomic E-state index is 12.0. The van der Waals surface area contributed by atoms with Crippen molar-refractivity contribution in [1.29, 1.82) is 5.26 Å². The van der Waals surface area contributed by atoms with Crippen LogP contribution in [-0.2, 0) is 4.79 Å². The van der Waals surface area contributed by atoms with Crippen LogP contribution in [-0.4, -0.2) is 25.0 Å². The molecule has 2 aliphatic rings. The predicted molar refractivity (Wildman–Crippen MR) is 60.4 cm³/mol. The topological polar surface area (TPSA) is 64.9 Å². The third kappa shape index (κ3) is 2.19. The summed E-state index contributed by atoms with van der Waals surface area (Å²) in [6, 6.07) is 2.38. The summed E-state index contributed by atoms with van der Waals surface area (Å²) < 4.78 is 0. The number of hydrogen-bond acceptors (Lipinski definition) is 3. The second kappa shape index (κ2) is 4.84. The molecule has 0 aromatic rings. The van der Waals surface area contributed by atoms with Gasteiger partial charge in [0.1, 0.15) is 0 Å². The molecule has 0 spiro atoms. The van der Waals surface area contributed by atoms with Crippen molar-refractivity contribution < 1.29 is 4.79 Å². The molecule has 2 fully saturated rings. The molecule has 4 atom stereocenters. The molecule has 2 N–H and O–H groups in total. The number of rotatable bonds is 2. The van der Waals surface area contributed by atoms with Crippen LogP contribution < -0.4 is 10.6 Å². The Bertz CT molecular complexity index is 310. The Balaban J connectivity index is 1.89. The smallest absolute Gasteiger partial charge is 0.224 e. The highest BCUT2D eigenvalue weighted by Gasteiger charge is 2.34. The van der Waals surface area contributed by atoms with E-state index in [9.17, 15) is 4.79 Å². The Morgan fingerprint density at radius 3 is 2.88 bits per heavy atom. The molecule has 1 amide bonds. The van der Waals surface area contributed by atoms with E-state index < -0.39 is 0 Å². The first-order valence-electron chi connectivity index (χ1n) is 6.13. The van der Waals surface area contributed by atoms with Crippen LogP contribution in [0.4, 0.5) is 0 Å². The third-order valence-corrected chi connectivity index (χ3v) is 3.86. The maximum Gasteiger partial charge on any atom is 0.224 e. The minimum Gasteiger partial charge on any atom is -0.352 e. The van der Waals surface area contributed by atoms with Crippen LogP contribution in [0.2, 0.25) is 0 Å². The zero-order chi connectivity index (χ0) is 11.5. The molecule has 4 nitrogen and oxygen atoms in total. The molecular formula is C12H19N3O. The molecule has 1 aliphatic heterocycles. The van der Waals surface area contributed by atoms with E-state index in [-0.39, 0.29) is 23.8 Å². The number of hydrogen-bond donors (Lipinski definition) is 2. The minimum absolute atomic E-state index is 0.0219. The number of carbonyl (C=O) groups excluding carboxylic acids is 1. The largest absolute Gasteiger partial charge is 0.352 e. The van der Waals surface area contributed by atoms with Crippen LogP contribution in [0.5, 0.6) is 0 Å². The Hall–Kier alpha value is -1.08. The summed E-state index contributed by atoms with van der Waals surface area (Å²) in [5, 5.41) is 15.2. The molecule has 1 saturated heterocycles. The molecular weight excluding hydrogens is 202 g/mol. The first kappa shape index (κ1) is 11.4. The van der Waals surface area contributed by atoms with Crippen LogP contribution >= 0.6 is 0 Å². The van der Waals surface area contributed by atoms with Crippen LogP contribution in [0.3, 0.4) is 0 Å². The average molecular weight is 221 g/mol. The van der Waals surface area contributed by atoms with Crippen molar-refractivity contribution in [2.45, 2.75) is 32.2 Å². The van der Waals surface area contributed by atoms with Gasteiger partial charge in [0.15, 0.2) is 0 Å². The van der Waals surface area contributed by atoms with E-state index in [2.05, 4.69) is 23.6 Å².